The lowest BCUT2D eigenvalue weighted by atomic mass is 10.2. The second-order valence-electron chi connectivity index (χ2n) is 5.72. The molecule has 0 atom stereocenters. The number of alkyl halides is 3. The van der Waals surface area contributed by atoms with Crippen LogP contribution in [0.5, 0.6) is 17.4 Å². The van der Waals surface area contributed by atoms with Crippen LogP contribution in [0.3, 0.4) is 0 Å². The van der Waals surface area contributed by atoms with E-state index >= 15 is 0 Å². The predicted molar refractivity (Wildman–Crippen MR) is 95.5 cm³/mol. The molecule has 2 aromatic rings. The van der Waals surface area contributed by atoms with Crippen LogP contribution in [0.15, 0.2) is 35.4 Å². The number of allylic oxidation sites excluding steroid dienone is 1. The number of hydrogen-bond acceptors (Lipinski definition) is 4. The fraction of sp³-hybridized carbons (Fsp3) is 0.389. The summed E-state index contributed by atoms with van der Waals surface area (Å²) in [5, 5.41) is 4.03. The zero-order valence-electron chi connectivity index (χ0n) is 15.1. The molecule has 0 N–H and O–H groups in total. The summed E-state index contributed by atoms with van der Waals surface area (Å²) in [6, 6.07) is 6.20. The highest BCUT2D eigenvalue weighted by Crippen LogP contribution is 2.30. The quantitative estimate of drug-likeness (QED) is 0.597. The topological polar surface area (TPSA) is 45.5 Å². The second-order valence-corrected chi connectivity index (χ2v) is 6.31. The normalized spacial score (nSPS) is 12.2. The molecule has 0 unspecified atom stereocenters. The van der Waals surface area contributed by atoms with Crippen molar-refractivity contribution in [2.75, 3.05) is 19.8 Å². The fourth-order valence-corrected chi connectivity index (χ4v) is 2.21. The van der Waals surface area contributed by atoms with Crippen molar-refractivity contribution in [2.45, 2.75) is 20.0 Å². The van der Waals surface area contributed by atoms with Crippen LogP contribution in [0, 0.1) is 6.92 Å². The van der Waals surface area contributed by atoms with Crippen LogP contribution in [-0.2, 0) is 13.2 Å². The number of halogens is 4. The Bertz CT molecular complexity index is 800. The highest BCUT2D eigenvalue weighted by Gasteiger charge is 2.34. The average Bonchev–Trinajstić information content (AvgIpc) is 2.94. The Morgan fingerprint density at radius 2 is 1.89 bits per heavy atom. The van der Waals surface area contributed by atoms with Gasteiger partial charge >= 0.3 is 6.18 Å². The minimum Gasteiger partial charge on any atom is -0.490 e. The summed E-state index contributed by atoms with van der Waals surface area (Å²) in [5.41, 5.74) is -0.134. The molecule has 0 radical (unpaired) electrons. The van der Waals surface area contributed by atoms with Crippen molar-refractivity contribution in [3.63, 3.8) is 0 Å². The third-order valence-corrected chi connectivity index (χ3v) is 3.63. The number of rotatable bonds is 8. The molecule has 2 rings (SSSR count). The molecule has 9 heteroatoms. The first-order chi connectivity index (χ1) is 12.7. The minimum absolute atomic E-state index is 0.0223. The van der Waals surface area contributed by atoms with Gasteiger partial charge in [-0.25, -0.2) is 4.68 Å². The van der Waals surface area contributed by atoms with Crippen LogP contribution in [0.1, 0.15) is 18.2 Å². The number of aryl methyl sites for hydroxylation is 2. The van der Waals surface area contributed by atoms with E-state index in [2.05, 4.69) is 5.10 Å². The first kappa shape index (κ1) is 21.0. The van der Waals surface area contributed by atoms with Crippen LogP contribution >= 0.6 is 11.6 Å². The molecule has 1 aromatic carbocycles. The number of hydrogen-bond donors (Lipinski definition) is 0. The summed E-state index contributed by atoms with van der Waals surface area (Å²) >= 11 is 5.74. The van der Waals surface area contributed by atoms with Crippen LogP contribution < -0.4 is 14.2 Å². The van der Waals surface area contributed by atoms with Crippen LogP contribution in [0.4, 0.5) is 13.2 Å². The third kappa shape index (κ3) is 6.39. The summed E-state index contributed by atoms with van der Waals surface area (Å²) in [6.45, 7) is 4.25. The molecule has 5 nitrogen and oxygen atoms in total. The van der Waals surface area contributed by atoms with Gasteiger partial charge in [0.25, 0.3) is 0 Å². The lowest BCUT2D eigenvalue weighted by Gasteiger charge is -2.12. The lowest BCUT2D eigenvalue weighted by Crippen LogP contribution is -2.11. The Morgan fingerprint density at radius 1 is 1.19 bits per heavy atom. The predicted octanol–water partition coefficient (Wildman–Crippen LogP) is 4.73. The minimum atomic E-state index is -4.50. The molecule has 0 aliphatic heterocycles. The summed E-state index contributed by atoms with van der Waals surface area (Å²) in [6.07, 6.45) is -2.75. The van der Waals surface area contributed by atoms with Gasteiger partial charge in [-0.2, -0.15) is 18.3 Å². The van der Waals surface area contributed by atoms with Crippen molar-refractivity contribution in [3.8, 4) is 17.4 Å². The van der Waals surface area contributed by atoms with Crippen LogP contribution in [0.2, 0.25) is 0 Å². The summed E-state index contributed by atoms with van der Waals surface area (Å²) in [7, 11) is 1.38. The summed E-state index contributed by atoms with van der Waals surface area (Å²) in [5.74, 6) is 1.34. The summed E-state index contributed by atoms with van der Waals surface area (Å²) < 4.78 is 55.3. The van der Waals surface area contributed by atoms with Gasteiger partial charge in [0.05, 0.1) is 0 Å². The van der Waals surface area contributed by atoms with E-state index in [0.717, 1.165) is 16.3 Å². The van der Waals surface area contributed by atoms with Crippen molar-refractivity contribution < 1.29 is 27.4 Å². The number of benzene rings is 1. The highest BCUT2D eigenvalue weighted by molar-refractivity contribution is 6.29. The maximum absolute atomic E-state index is 12.6. The Hall–Kier alpha value is -2.35. The molecule has 0 aliphatic rings. The maximum Gasteiger partial charge on any atom is 0.435 e. The number of nitrogens with zero attached hydrogens (tertiary/aromatic N) is 2. The van der Waals surface area contributed by atoms with E-state index in [1.165, 1.54) is 7.05 Å². The van der Waals surface area contributed by atoms with Crippen molar-refractivity contribution in [1.29, 1.82) is 0 Å². The van der Waals surface area contributed by atoms with Crippen molar-refractivity contribution in [1.82, 2.24) is 9.78 Å². The van der Waals surface area contributed by atoms with Crippen molar-refractivity contribution >= 4 is 11.6 Å². The molecule has 0 amide bonds. The third-order valence-electron chi connectivity index (χ3n) is 3.48. The van der Waals surface area contributed by atoms with Crippen molar-refractivity contribution in [2.24, 2.45) is 7.05 Å². The average molecular weight is 405 g/mol. The van der Waals surface area contributed by atoms with Gasteiger partial charge in [-0.3, -0.25) is 0 Å². The van der Waals surface area contributed by atoms with E-state index in [9.17, 15) is 13.2 Å². The van der Waals surface area contributed by atoms with E-state index in [-0.39, 0.29) is 19.1 Å². The van der Waals surface area contributed by atoms with Gasteiger partial charge < -0.3 is 14.2 Å². The van der Waals surface area contributed by atoms with E-state index in [0.29, 0.717) is 23.1 Å². The Labute approximate surface area is 160 Å². The Morgan fingerprint density at radius 3 is 2.48 bits per heavy atom. The van der Waals surface area contributed by atoms with E-state index < -0.39 is 11.9 Å². The molecular formula is C18H20ClF3N2O3. The number of ether oxygens (including phenoxy) is 3. The molecule has 0 spiro atoms. The van der Waals surface area contributed by atoms with Gasteiger partial charge in [0, 0.05) is 18.1 Å². The SMILES string of the molecule is C/C(Cl)=C/COc1ccc(OCCOc2cc(C(F)(F)F)nn2C)c(C)c1. The smallest absolute Gasteiger partial charge is 0.435 e. The van der Waals surface area contributed by atoms with Gasteiger partial charge in [-0.05, 0) is 43.7 Å². The Kier molecular flexibility index (Phi) is 7.01. The monoisotopic (exact) mass is 404 g/mol. The van der Waals surface area contributed by atoms with Crippen LogP contribution in [0.25, 0.3) is 0 Å². The van der Waals surface area contributed by atoms with Gasteiger partial charge in [-0.15, -0.1) is 0 Å². The maximum atomic E-state index is 12.6. The fourth-order valence-electron chi connectivity index (χ4n) is 2.15. The van der Waals surface area contributed by atoms with Crippen molar-refractivity contribution in [3.05, 3.63) is 46.6 Å². The second kappa shape index (κ2) is 9.03. The molecule has 148 valence electrons. The molecule has 0 fully saturated rings. The molecule has 0 bridgehead atoms. The van der Waals surface area contributed by atoms with E-state index in [4.69, 9.17) is 25.8 Å². The van der Waals surface area contributed by atoms with Crippen LogP contribution in [-0.4, -0.2) is 29.6 Å². The molecule has 0 aliphatic carbocycles. The molecule has 0 saturated heterocycles. The Balaban J connectivity index is 1.83. The van der Waals surface area contributed by atoms with Gasteiger partial charge in [-0.1, -0.05) is 11.6 Å². The molecule has 1 aromatic heterocycles. The van der Waals surface area contributed by atoms with E-state index in [1.54, 1.807) is 25.1 Å². The van der Waals surface area contributed by atoms with E-state index in [1.807, 2.05) is 13.0 Å². The number of aromatic nitrogens is 2. The zero-order chi connectivity index (χ0) is 20.0. The van der Waals surface area contributed by atoms with Gasteiger partial charge in [0.1, 0.15) is 31.3 Å². The van der Waals surface area contributed by atoms with Gasteiger partial charge in [0.15, 0.2) is 5.69 Å². The first-order valence-electron chi connectivity index (χ1n) is 8.09. The first-order valence-corrected chi connectivity index (χ1v) is 8.47. The lowest BCUT2D eigenvalue weighted by molar-refractivity contribution is -0.141. The standard InChI is InChI=1S/C18H20ClF3N2O3/c1-12-10-14(25-7-6-13(2)19)4-5-15(12)26-8-9-27-17-11-16(18(20,21)22)23-24(17)3/h4-6,10-11H,7-9H2,1-3H3/b13-6-. The summed E-state index contributed by atoms with van der Waals surface area (Å²) in [4.78, 5) is 0. The molecule has 0 saturated carbocycles. The highest BCUT2D eigenvalue weighted by atomic mass is 35.5. The zero-order valence-corrected chi connectivity index (χ0v) is 15.9. The molecule has 27 heavy (non-hydrogen) atoms. The largest absolute Gasteiger partial charge is 0.490 e. The molecule has 1 heterocycles. The van der Waals surface area contributed by atoms with Gasteiger partial charge in [0.2, 0.25) is 5.88 Å². The molecular weight excluding hydrogens is 385 g/mol.